The summed E-state index contributed by atoms with van der Waals surface area (Å²) in [5.74, 6) is 1.26. The molecule has 2 aliphatic heterocycles. The van der Waals surface area contributed by atoms with Gasteiger partial charge in [-0.2, -0.15) is 0 Å². The fourth-order valence-electron chi connectivity index (χ4n) is 2.65. The Hall–Kier alpha value is -1.99. The number of carbonyl (C=O) groups is 2. The van der Waals surface area contributed by atoms with E-state index in [-0.39, 0.29) is 31.0 Å². The molecule has 23 heavy (non-hydrogen) atoms. The third kappa shape index (κ3) is 3.68. The molecule has 1 aromatic rings. The predicted octanol–water partition coefficient (Wildman–Crippen LogP) is 0.470. The number of fused-ring (bicyclic) bond motifs is 1. The van der Waals surface area contributed by atoms with Gasteiger partial charge in [0.2, 0.25) is 12.7 Å². The zero-order valence-corrected chi connectivity index (χ0v) is 13.5. The summed E-state index contributed by atoms with van der Waals surface area (Å²) in [6.45, 7) is 2.71. The van der Waals surface area contributed by atoms with Crippen LogP contribution in [-0.2, 0) is 4.79 Å². The average molecular weight is 342 g/mol. The number of carbonyl (C=O) groups excluding carboxylic acids is 2. The Morgan fingerprint density at radius 2 is 1.70 bits per heavy atom. The highest BCUT2D eigenvalue weighted by Gasteiger charge is 2.25. The second-order valence-electron chi connectivity index (χ2n) is 5.28. The highest BCUT2D eigenvalue weighted by atomic mass is 35.5. The lowest BCUT2D eigenvalue weighted by molar-refractivity contribution is -0.132. The van der Waals surface area contributed by atoms with Crippen LogP contribution in [0.4, 0.5) is 0 Å². The normalized spacial score (nSPS) is 16.0. The summed E-state index contributed by atoms with van der Waals surface area (Å²) in [6.07, 6.45) is 0.357. The van der Waals surface area contributed by atoms with Gasteiger partial charge in [-0.15, -0.1) is 12.4 Å². The topological polar surface area (TPSA) is 85.1 Å². The van der Waals surface area contributed by atoms with E-state index in [4.69, 9.17) is 15.2 Å². The van der Waals surface area contributed by atoms with Crippen LogP contribution in [0, 0.1) is 0 Å². The van der Waals surface area contributed by atoms with Crippen LogP contribution in [0.25, 0.3) is 0 Å². The van der Waals surface area contributed by atoms with Crippen molar-refractivity contribution < 1.29 is 19.1 Å². The molecule has 0 saturated carbocycles. The molecule has 0 unspecified atom stereocenters. The maximum Gasteiger partial charge on any atom is 0.254 e. The third-order valence-electron chi connectivity index (χ3n) is 3.90. The van der Waals surface area contributed by atoms with E-state index < -0.39 is 0 Å². The number of halogens is 1. The molecule has 1 aromatic carbocycles. The minimum Gasteiger partial charge on any atom is -0.454 e. The number of amides is 2. The molecular formula is C15H20ClN3O4. The zero-order chi connectivity index (χ0) is 15.5. The van der Waals surface area contributed by atoms with Gasteiger partial charge >= 0.3 is 0 Å². The quantitative estimate of drug-likeness (QED) is 0.864. The van der Waals surface area contributed by atoms with E-state index in [1.54, 1.807) is 28.0 Å². The lowest BCUT2D eigenvalue weighted by atomic mass is 10.1. The molecule has 126 valence electrons. The maximum atomic E-state index is 12.5. The van der Waals surface area contributed by atoms with Gasteiger partial charge in [0, 0.05) is 44.7 Å². The van der Waals surface area contributed by atoms with E-state index in [1.165, 1.54) is 0 Å². The second-order valence-corrected chi connectivity index (χ2v) is 5.28. The number of rotatable bonds is 3. The highest BCUT2D eigenvalue weighted by Crippen LogP contribution is 2.32. The van der Waals surface area contributed by atoms with E-state index in [0.29, 0.717) is 56.2 Å². The van der Waals surface area contributed by atoms with Crippen molar-refractivity contribution in [1.82, 2.24) is 9.80 Å². The zero-order valence-electron chi connectivity index (χ0n) is 12.7. The minimum absolute atomic E-state index is 0. The van der Waals surface area contributed by atoms with Crippen molar-refractivity contribution in [3.63, 3.8) is 0 Å². The first-order chi connectivity index (χ1) is 10.7. The van der Waals surface area contributed by atoms with Crippen LogP contribution in [0.5, 0.6) is 11.5 Å². The summed E-state index contributed by atoms with van der Waals surface area (Å²) < 4.78 is 10.5. The van der Waals surface area contributed by atoms with Gasteiger partial charge in [-0.05, 0) is 18.2 Å². The summed E-state index contributed by atoms with van der Waals surface area (Å²) in [5, 5.41) is 0. The van der Waals surface area contributed by atoms with Crippen molar-refractivity contribution in [3.05, 3.63) is 23.8 Å². The standard InChI is InChI=1S/C15H19N3O4.ClH/c16-4-3-14(19)17-5-7-18(8-6-17)15(20)11-1-2-12-13(9-11)22-10-21-12;/h1-2,9H,3-8,10,16H2;1H. The van der Waals surface area contributed by atoms with Gasteiger partial charge in [-0.25, -0.2) is 0 Å². The molecule has 0 bridgehead atoms. The maximum absolute atomic E-state index is 12.5. The van der Waals surface area contributed by atoms with Crippen LogP contribution in [0.15, 0.2) is 18.2 Å². The van der Waals surface area contributed by atoms with Gasteiger partial charge in [0.1, 0.15) is 0 Å². The molecule has 7 nitrogen and oxygen atoms in total. The van der Waals surface area contributed by atoms with Crippen LogP contribution in [0.1, 0.15) is 16.8 Å². The first-order valence-corrected chi connectivity index (χ1v) is 7.36. The molecule has 2 aliphatic rings. The summed E-state index contributed by atoms with van der Waals surface area (Å²) in [5.41, 5.74) is 5.97. The number of hydrogen-bond donors (Lipinski definition) is 1. The Labute approximate surface area is 140 Å². The van der Waals surface area contributed by atoms with E-state index in [9.17, 15) is 9.59 Å². The van der Waals surface area contributed by atoms with E-state index in [0.717, 1.165) is 0 Å². The van der Waals surface area contributed by atoms with Gasteiger partial charge in [0.25, 0.3) is 5.91 Å². The summed E-state index contributed by atoms with van der Waals surface area (Å²) in [4.78, 5) is 27.8. The Morgan fingerprint density at radius 1 is 1.04 bits per heavy atom. The molecule has 0 spiro atoms. The molecule has 3 rings (SSSR count). The monoisotopic (exact) mass is 341 g/mol. The molecule has 2 N–H and O–H groups in total. The van der Waals surface area contributed by atoms with Crippen molar-refractivity contribution in [3.8, 4) is 11.5 Å². The number of benzene rings is 1. The van der Waals surface area contributed by atoms with Crippen LogP contribution in [0.3, 0.4) is 0 Å². The van der Waals surface area contributed by atoms with Crippen LogP contribution in [0.2, 0.25) is 0 Å². The van der Waals surface area contributed by atoms with Crippen molar-refractivity contribution in [2.45, 2.75) is 6.42 Å². The second kappa shape index (κ2) is 7.52. The molecule has 0 aromatic heterocycles. The Bertz CT molecular complexity index is 588. The number of nitrogens with two attached hydrogens (primary N) is 1. The van der Waals surface area contributed by atoms with E-state index in [2.05, 4.69) is 0 Å². The van der Waals surface area contributed by atoms with Gasteiger partial charge < -0.3 is 25.0 Å². The smallest absolute Gasteiger partial charge is 0.254 e. The van der Waals surface area contributed by atoms with Gasteiger partial charge in [-0.1, -0.05) is 0 Å². The fraction of sp³-hybridized carbons (Fsp3) is 0.467. The van der Waals surface area contributed by atoms with E-state index in [1.807, 2.05) is 0 Å². The van der Waals surface area contributed by atoms with Crippen molar-refractivity contribution >= 4 is 24.2 Å². The lowest BCUT2D eigenvalue weighted by Gasteiger charge is -2.34. The molecule has 1 fully saturated rings. The third-order valence-corrected chi connectivity index (χ3v) is 3.90. The lowest BCUT2D eigenvalue weighted by Crippen LogP contribution is -2.50. The van der Waals surface area contributed by atoms with Crippen LogP contribution < -0.4 is 15.2 Å². The predicted molar refractivity (Wildman–Crippen MR) is 86.0 cm³/mol. The van der Waals surface area contributed by atoms with Crippen LogP contribution >= 0.6 is 12.4 Å². The summed E-state index contributed by atoms with van der Waals surface area (Å²) in [7, 11) is 0. The number of ether oxygens (including phenoxy) is 2. The molecule has 1 saturated heterocycles. The first kappa shape index (κ1) is 17.4. The minimum atomic E-state index is -0.0516. The van der Waals surface area contributed by atoms with Gasteiger partial charge in [-0.3, -0.25) is 9.59 Å². The van der Waals surface area contributed by atoms with Crippen molar-refractivity contribution in [2.24, 2.45) is 5.73 Å². The van der Waals surface area contributed by atoms with E-state index >= 15 is 0 Å². The SMILES string of the molecule is Cl.NCCC(=O)N1CCN(C(=O)c2ccc3c(c2)OCO3)CC1. The largest absolute Gasteiger partial charge is 0.454 e. The summed E-state index contributed by atoms with van der Waals surface area (Å²) >= 11 is 0. The molecule has 0 aliphatic carbocycles. The van der Waals surface area contributed by atoms with Gasteiger partial charge in [0.15, 0.2) is 11.5 Å². The van der Waals surface area contributed by atoms with Crippen molar-refractivity contribution in [2.75, 3.05) is 39.5 Å². The first-order valence-electron chi connectivity index (χ1n) is 7.36. The summed E-state index contributed by atoms with van der Waals surface area (Å²) in [6, 6.07) is 5.19. The molecule has 0 atom stereocenters. The molecule has 2 heterocycles. The van der Waals surface area contributed by atoms with Gasteiger partial charge in [0.05, 0.1) is 0 Å². The number of piperazine rings is 1. The number of hydrogen-bond acceptors (Lipinski definition) is 5. The number of nitrogens with zero attached hydrogens (tertiary/aromatic N) is 2. The molecule has 0 radical (unpaired) electrons. The van der Waals surface area contributed by atoms with Crippen molar-refractivity contribution in [1.29, 1.82) is 0 Å². The molecule has 2 amide bonds. The highest BCUT2D eigenvalue weighted by molar-refractivity contribution is 5.95. The molecule has 8 heteroatoms. The Kier molecular flexibility index (Phi) is 5.68. The average Bonchev–Trinajstić information content (AvgIpc) is 3.02. The fourth-order valence-corrected chi connectivity index (χ4v) is 2.65. The molecular weight excluding hydrogens is 322 g/mol. The Balaban J connectivity index is 0.00000192. The Morgan fingerprint density at radius 3 is 2.39 bits per heavy atom. The van der Waals surface area contributed by atoms with Crippen LogP contribution in [-0.4, -0.2) is 61.1 Å².